The van der Waals surface area contributed by atoms with Gasteiger partial charge in [0.15, 0.2) is 0 Å². The van der Waals surface area contributed by atoms with Crippen molar-refractivity contribution in [3.8, 4) is 12.1 Å². The van der Waals surface area contributed by atoms with Gasteiger partial charge in [-0.3, -0.25) is 0 Å². The average Bonchev–Trinajstić information content (AvgIpc) is 2.78. The Kier molecular flexibility index (Phi) is 3.02. The lowest BCUT2D eigenvalue weighted by Crippen LogP contribution is -2.57. The standard InChI is InChI=1S/C17H20N2OSi/c1-21(2,3)16(10-19)17(20)14-6-7-15(17)13-5-4-12(14)11(13)8-9-18/h4-8,12-16,20H,1-3H3/t12-,13-,14-,15-,16+,17?/m0/s1. The second-order valence-corrected chi connectivity index (χ2v) is 12.8. The minimum absolute atomic E-state index is 0.0712. The van der Waals surface area contributed by atoms with Gasteiger partial charge in [0.05, 0.1) is 31.4 Å². The molecular formula is C17H20N2OSi. The van der Waals surface area contributed by atoms with Crippen molar-refractivity contribution >= 4 is 8.07 Å². The van der Waals surface area contributed by atoms with Gasteiger partial charge in [-0.15, -0.1) is 0 Å². The average molecular weight is 296 g/mol. The van der Waals surface area contributed by atoms with E-state index in [-0.39, 0.29) is 29.2 Å². The summed E-state index contributed by atoms with van der Waals surface area (Å²) >= 11 is 0. The summed E-state index contributed by atoms with van der Waals surface area (Å²) in [5, 5.41) is 30.3. The molecule has 0 heterocycles. The highest BCUT2D eigenvalue weighted by atomic mass is 28.3. The molecule has 0 aromatic heterocycles. The topological polar surface area (TPSA) is 67.8 Å². The van der Waals surface area contributed by atoms with Gasteiger partial charge in [-0.25, -0.2) is 0 Å². The summed E-state index contributed by atoms with van der Waals surface area (Å²) in [6.07, 6.45) is 10.0. The normalized spacial score (nSPS) is 40.8. The van der Waals surface area contributed by atoms with E-state index in [9.17, 15) is 10.4 Å². The van der Waals surface area contributed by atoms with Gasteiger partial charge in [0.1, 0.15) is 0 Å². The van der Waals surface area contributed by atoms with Crippen LogP contribution in [0.4, 0.5) is 0 Å². The number of nitriles is 2. The molecule has 4 bridgehead atoms. The summed E-state index contributed by atoms with van der Waals surface area (Å²) in [4.78, 5) is 0. The first-order valence-electron chi connectivity index (χ1n) is 7.44. The first-order chi connectivity index (χ1) is 9.85. The summed E-state index contributed by atoms with van der Waals surface area (Å²) in [6, 6.07) is 4.57. The molecule has 1 fully saturated rings. The fourth-order valence-electron chi connectivity index (χ4n) is 4.57. The van der Waals surface area contributed by atoms with Crippen LogP contribution in [-0.4, -0.2) is 18.8 Å². The highest BCUT2D eigenvalue weighted by Crippen LogP contribution is 2.62. The van der Waals surface area contributed by atoms with Crippen molar-refractivity contribution in [2.75, 3.05) is 0 Å². The molecule has 21 heavy (non-hydrogen) atoms. The Labute approximate surface area is 126 Å². The molecule has 0 radical (unpaired) electrons. The molecule has 1 N–H and O–H groups in total. The SMILES string of the molecule is C[Si](C)(C)[C@H](C#N)C1(O)[C@H]2C=C[C@H]1[C@H]1C=C[C@H]2C1=CC#N. The quantitative estimate of drug-likeness (QED) is 0.484. The Hall–Kier alpha value is -1.62. The van der Waals surface area contributed by atoms with Crippen molar-refractivity contribution in [2.24, 2.45) is 23.7 Å². The summed E-state index contributed by atoms with van der Waals surface area (Å²) in [5.41, 5.74) is -0.178. The zero-order chi connectivity index (χ0) is 15.4. The molecule has 3 aliphatic carbocycles. The molecule has 0 amide bonds. The van der Waals surface area contributed by atoms with Crippen LogP contribution in [0.5, 0.6) is 0 Å². The summed E-state index contributed by atoms with van der Waals surface area (Å²) in [7, 11) is -1.83. The van der Waals surface area contributed by atoms with Crippen molar-refractivity contribution in [1.29, 1.82) is 10.5 Å². The van der Waals surface area contributed by atoms with E-state index in [2.05, 4.69) is 56.1 Å². The third-order valence-corrected chi connectivity index (χ3v) is 7.68. The maximum absolute atomic E-state index is 11.5. The van der Waals surface area contributed by atoms with Gasteiger partial charge in [-0.05, 0) is 5.57 Å². The third kappa shape index (κ3) is 1.73. The Morgan fingerprint density at radius 1 is 1.14 bits per heavy atom. The summed E-state index contributed by atoms with van der Waals surface area (Å²) < 4.78 is 0. The Morgan fingerprint density at radius 2 is 1.67 bits per heavy atom. The second-order valence-electron chi connectivity index (χ2n) is 7.46. The minimum atomic E-state index is -1.83. The number of hydrogen-bond donors (Lipinski definition) is 1. The van der Waals surface area contributed by atoms with Crippen LogP contribution in [0.25, 0.3) is 0 Å². The van der Waals surface area contributed by atoms with E-state index in [1.165, 1.54) is 0 Å². The smallest absolute Gasteiger partial charge is 0.0921 e. The molecule has 4 heteroatoms. The van der Waals surface area contributed by atoms with E-state index >= 15 is 0 Å². The van der Waals surface area contributed by atoms with E-state index in [0.717, 1.165) is 5.57 Å². The van der Waals surface area contributed by atoms with Crippen LogP contribution >= 0.6 is 0 Å². The van der Waals surface area contributed by atoms with Gasteiger partial charge in [-0.2, -0.15) is 10.5 Å². The molecule has 0 saturated heterocycles. The van der Waals surface area contributed by atoms with Crippen LogP contribution < -0.4 is 0 Å². The van der Waals surface area contributed by atoms with Crippen LogP contribution in [0, 0.1) is 46.3 Å². The molecule has 0 aliphatic heterocycles. The fourth-order valence-corrected chi connectivity index (χ4v) is 6.72. The van der Waals surface area contributed by atoms with Gasteiger partial charge in [0.25, 0.3) is 0 Å². The predicted octanol–water partition coefficient (Wildman–Crippen LogP) is 3.02. The molecule has 0 aromatic carbocycles. The monoisotopic (exact) mass is 296 g/mol. The predicted molar refractivity (Wildman–Crippen MR) is 83.6 cm³/mol. The first kappa shape index (κ1) is 14.3. The zero-order valence-corrected chi connectivity index (χ0v) is 13.6. The van der Waals surface area contributed by atoms with Gasteiger partial charge in [-0.1, -0.05) is 43.9 Å². The number of nitrogens with zero attached hydrogens (tertiary/aromatic N) is 2. The number of aliphatic hydroxyl groups is 1. The Morgan fingerprint density at radius 3 is 2.05 bits per heavy atom. The molecule has 0 spiro atoms. The highest BCUT2D eigenvalue weighted by Gasteiger charge is 2.63. The Balaban J connectivity index is 2.09. The van der Waals surface area contributed by atoms with Crippen molar-refractivity contribution in [3.63, 3.8) is 0 Å². The molecule has 0 unspecified atom stereocenters. The van der Waals surface area contributed by atoms with E-state index in [1.54, 1.807) is 6.08 Å². The minimum Gasteiger partial charge on any atom is -0.388 e. The second kappa shape index (κ2) is 4.43. The Bertz CT molecular complexity index is 615. The highest BCUT2D eigenvalue weighted by molar-refractivity contribution is 6.78. The molecular weight excluding hydrogens is 276 g/mol. The lowest BCUT2D eigenvalue weighted by Gasteiger charge is -2.50. The summed E-state index contributed by atoms with van der Waals surface area (Å²) in [5.74, 6) is -0.00866. The summed E-state index contributed by atoms with van der Waals surface area (Å²) in [6.45, 7) is 6.44. The van der Waals surface area contributed by atoms with Crippen molar-refractivity contribution in [3.05, 3.63) is 36.0 Å². The number of rotatable bonds is 2. The van der Waals surface area contributed by atoms with Crippen LogP contribution in [-0.2, 0) is 0 Å². The first-order valence-corrected chi connectivity index (χ1v) is 11.0. The lowest BCUT2D eigenvalue weighted by atomic mass is 9.63. The van der Waals surface area contributed by atoms with E-state index in [1.807, 2.05) is 0 Å². The molecule has 3 nitrogen and oxygen atoms in total. The van der Waals surface area contributed by atoms with E-state index in [0.29, 0.717) is 0 Å². The lowest BCUT2D eigenvalue weighted by molar-refractivity contribution is -0.0539. The van der Waals surface area contributed by atoms with Gasteiger partial charge < -0.3 is 5.11 Å². The van der Waals surface area contributed by atoms with Crippen molar-refractivity contribution < 1.29 is 5.11 Å². The zero-order valence-electron chi connectivity index (χ0n) is 12.6. The van der Waals surface area contributed by atoms with Crippen molar-refractivity contribution in [2.45, 2.75) is 30.8 Å². The van der Waals surface area contributed by atoms with Crippen LogP contribution in [0.15, 0.2) is 36.0 Å². The van der Waals surface area contributed by atoms with Gasteiger partial charge in [0, 0.05) is 29.7 Å². The van der Waals surface area contributed by atoms with E-state index < -0.39 is 13.7 Å². The molecule has 3 aliphatic rings. The number of hydrogen-bond acceptors (Lipinski definition) is 3. The molecule has 0 aromatic rings. The van der Waals surface area contributed by atoms with Crippen LogP contribution in [0.3, 0.4) is 0 Å². The van der Waals surface area contributed by atoms with Crippen LogP contribution in [0.1, 0.15) is 0 Å². The molecule has 3 rings (SSSR count). The third-order valence-electron chi connectivity index (χ3n) is 5.35. The maximum Gasteiger partial charge on any atom is 0.0921 e. The fraction of sp³-hybridized carbons (Fsp3) is 0.529. The van der Waals surface area contributed by atoms with Gasteiger partial charge in [0.2, 0.25) is 0 Å². The number of fused-ring (bicyclic) bond motifs is 6. The van der Waals surface area contributed by atoms with Crippen molar-refractivity contribution in [1.82, 2.24) is 0 Å². The molecule has 1 saturated carbocycles. The largest absolute Gasteiger partial charge is 0.388 e. The van der Waals surface area contributed by atoms with E-state index in [4.69, 9.17) is 5.26 Å². The molecule has 5 atom stereocenters. The van der Waals surface area contributed by atoms with Gasteiger partial charge >= 0.3 is 0 Å². The maximum atomic E-state index is 11.5. The molecule has 108 valence electrons. The van der Waals surface area contributed by atoms with Crippen LogP contribution in [0.2, 0.25) is 25.2 Å². The number of allylic oxidation sites excluding steroid dienone is 4.